The van der Waals surface area contributed by atoms with E-state index >= 15 is 0 Å². The van der Waals surface area contributed by atoms with E-state index in [9.17, 15) is 9.90 Å². The monoisotopic (exact) mass is 316 g/mol. The third-order valence-corrected chi connectivity index (χ3v) is 2.66. The van der Waals surface area contributed by atoms with Crippen LogP contribution in [0.4, 0.5) is 4.79 Å². The number of hydrogen-bond donors (Lipinski definition) is 6. The van der Waals surface area contributed by atoms with Gasteiger partial charge < -0.3 is 30.8 Å². The minimum Gasteiger partial charge on any atom is -0.506 e. The molecule has 1 aromatic rings. The maximum absolute atomic E-state index is 10.1. The van der Waals surface area contributed by atoms with Crippen LogP contribution in [0.2, 0.25) is 0 Å². The van der Waals surface area contributed by atoms with Crippen LogP contribution in [0, 0.1) is 6.92 Å². The summed E-state index contributed by atoms with van der Waals surface area (Å²) in [6, 6.07) is 0. The molecule has 1 aliphatic heterocycles. The molecule has 0 aliphatic carbocycles. The van der Waals surface area contributed by atoms with Crippen molar-refractivity contribution >= 4 is 12.1 Å². The van der Waals surface area contributed by atoms with E-state index in [-0.39, 0.29) is 24.9 Å². The lowest BCUT2D eigenvalue weighted by molar-refractivity contribution is -0.119. The number of aromatic hydroxyl groups is 1. The number of aliphatic hydroxyl groups is 2. The Bertz CT molecular complexity index is 493. The summed E-state index contributed by atoms with van der Waals surface area (Å²) in [5, 5.41) is 43.7. The molecule has 6 N–H and O–H groups in total. The molecule has 2 rings (SSSR count). The first-order valence-electron chi connectivity index (χ1n) is 6.40. The van der Waals surface area contributed by atoms with Crippen molar-refractivity contribution in [1.29, 1.82) is 0 Å². The predicted octanol–water partition coefficient (Wildman–Crippen LogP) is 0.199. The maximum Gasteiger partial charge on any atom is 0.503 e. The number of nitrogens with one attached hydrogen (secondary N) is 1. The summed E-state index contributed by atoms with van der Waals surface area (Å²) in [5.41, 5.74) is 1.27. The Morgan fingerprint density at radius 2 is 1.91 bits per heavy atom. The van der Waals surface area contributed by atoms with Crippen LogP contribution in [0.25, 0.3) is 0 Å². The van der Waals surface area contributed by atoms with E-state index in [0.29, 0.717) is 16.8 Å². The number of aliphatic hydroxyl groups excluding tert-OH is 2. The van der Waals surface area contributed by atoms with Crippen molar-refractivity contribution in [3.8, 4) is 5.75 Å². The van der Waals surface area contributed by atoms with E-state index in [2.05, 4.69) is 10.3 Å². The van der Waals surface area contributed by atoms with E-state index < -0.39 is 6.16 Å². The zero-order valence-corrected chi connectivity index (χ0v) is 12.1. The summed E-state index contributed by atoms with van der Waals surface area (Å²) in [6.07, 6.45) is 1.37. The van der Waals surface area contributed by atoms with Gasteiger partial charge in [0.15, 0.2) is 0 Å². The van der Waals surface area contributed by atoms with Crippen LogP contribution in [0.15, 0.2) is 6.20 Å². The van der Waals surface area contributed by atoms with E-state index in [1.54, 1.807) is 6.92 Å². The minimum atomic E-state index is -1.83. The van der Waals surface area contributed by atoms with Crippen molar-refractivity contribution < 1.29 is 35.1 Å². The number of carbonyl (C=O) groups is 2. The number of carbonyl (C=O) groups excluding carboxylic acids is 1. The van der Waals surface area contributed by atoms with Crippen LogP contribution in [0.1, 0.15) is 29.7 Å². The van der Waals surface area contributed by atoms with Gasteiger partial charge in [0.05, 0.1) is 18.9 Å². The highest BCUT2D eigenvalue weighted by molar-refractivity contribution is 5.77. The summed E-state index contributed by atoms with van der Waals surface area (Å²) < 4.78 is 0. The van der Waals surface area contributed by atoms with Gasteiger partial charge in [-0.3, -0.25) is 9.78 Å². The van der Waals surface area contributed by atoms with Gasteiger partial charge in [-0.05, 0) is 13.3 Å². The predicted molar refractivity (Wildman–Crippen MR) is 75.4 cm³/mol. The molecule has 2 heterocycles. The molecule has 0 bridgehead atoms. The molecular formula is C13H20N2O7. The Balaban J connectivity index is 0.000000366. The van der Waals surface area contributed by atoms with Gasteiger partial charge in [0.2, 0.25) is 5.91 Å². The molecule has 0 spiro atoms. The summed E-state index contributed by atoms with van der Waals surface area (Å²) in [4.78, 5) is 22.5. The Morgan fingerprint density at radius 1 is 1.32 bits per heavy atom. The van der Waals surface area contributed by atoms with Gasteiger partial charge >= 0.3 is 6.16 Å². The normalized spacial score (nSPS) is 12.4. The van der Waals surface area contributed by atoms with Gasteiger partial charge in [0, 0.05) is 30.3 Å². The fraction of sp³-hybridized carbons (Fsp3) is 0.462. The van der Waals surface area contributed by atoms with E-state index in [4.69, 9.17) is 25.2 Å². The minimum absolute atomic E-state index is 0.0379. The Morgan fingerprint density at radius 3 is 2.23 bits per heavy atom. The number of nitrogens with zero attached hydrogens (tertiary/aromatic N) is 1. The standard InChI is InChI=1S/C8H11NO3.C4H7NO.CH2O3/c1-5-8(12)7(4-11)6(3-10)2-9-5;6-4-2-1-3-5-4;2-1(3)4/h2,10-12H,3-4H2,1H3;1-3H2,(H,5,6);(H2,2,3,4). The highest BCUT2D eigenvalue weighted by Crippen LogP contribution is 2.23. The van der Waals surface area contributed by atoms with Crippen molar-refractivity contribution in [3.05, 3.63) is 23.0 Å². The molecule has 1 fully saturated rings. The zero-order chi connectivity index (χ0) is 17.1. The molecule has 0 unspecified atom stereocenters. The van der Waals surface area contributed by atoms with Gasteiger partial charge in [-0.25, -0.2) is 4.79 Å². The molecule has 22 heavy (non-hydrogen) atoms. The molecule has 9 nitrogen and oxygen atoms in total. The summed E-state index contributed by atoms with van der Waals surface area (Å²) in [7, 11) is 0. The smallest absolute Gasteiger partial charge is 0.503 e. The molecule has 9 heteroatoms. The second kappa shape index (κ2) is 10.4. The SMILES string of the molecule is Cc1ncc(CO)c(CO)c1O.O=C(O)O.O=C1CCCN1. The Kier molecular flexibility index (Phi) is 9.23. The van der Waals surface area contributed by atoms with Crippen molar-refractivity contribution in [3.63, 3.8) is 0 Å². The second-order valence-corrected chi connectivity index (χ2v) is 4.25. The fourth-order valence-electron chi connectivity index (χ4n) is 1.56. The van der Waals surface area contributed by atoms with Gasteiger partial charge in [0.25, 0.3) is 0 Å². The zero-order valence-electron chi connectivity index (χ0n) is 12.1. The van der Waals surface area contributed by atoms with Gasteiger partial charge in [-0.1, -0.05) is 0 Å². The lowest BCUT2D eigenvalue weighted by Crippen LogP contribution is -2.12. The van der Waals surface area contributed by atoms with Crippen molar-refractivity contribution in [1.82, 2.24) is 10.3 Å². The number of aromatic nitrogens is 1. The third-order valence-electron chi connectivity index (χ3n) is 2.66. The van der Waals surface area contributed by atoms with E-state index in [1.807, 2.05) is 0 Å². The summed E-state index contributed by atoms with van der Waals surface area (Å²) in [6.45, 7) is 2.01. The van der Waals surface area contributed by atoms with E-state index in [0.717, 1.165) is 19.4 Å². The average molecular weight is 316 g/mol. The first-order chi connectivity index (χ1) is 10.3. The average Bonchev–Trinajstić information content (AvgIpc) is 2.93. The molecule has 0 atom stereocenters. The molecule has 124 valence electrons. The number of hydrogen-bond acceptors (Lipinski definition) is 6. The van der Waals surface area contributed by atoms with Gasteiger partial charge in [0.1, 0.15) is 5.75 Å². The van der Waals surface area contributed by atoms with E-state index in [1.165, 1.54) is 6.20 Å². The molecule has 1 amide bonds. The third kappa shape index (κ3) is 7.41. The lowest BCUT2D eigenvalue weighted by atomic mass is 10.1. The molecule has 1 saturated heterocycles. The first-order valence-corrected chi connectivity index (χ1v) is 6.40. The number of rotatable bonds is 2. The number of aryl methyl sites for hydroxylation is 1. The van der Waals surface area contributed by atoms with Crippen LogP contribution in [0.3, 0.4) is 0 Å². The van der Waals surface area contributed by atoms with Crippen LogP contribution in [0.5, 0.6) is 5.75 Å². The summed E-state index contributed by atoms with van der Waals surface area (Å²) >= 11 is 0. The highest BCUT2D eigenvalue weighted by Gasteiger charge is 2.09. The molecule has 0 saturated carbocycles. The molecule has 1 aromatic heterocycles. The van der Waals surface area contributed by atoms with Crippen molar-refractivity contribution in [2.45, 2.75) is 33.0 Å². The van der Waals surface area contributed by atoms with Crippen molar-refractivity contribution in [2.75, 3.05) is 6.54 Å². The van der Waals surface area contributed by atoms with Crippen LogP contribution in [-0.2, 0) is 18.0 Å². The summed E-state index contributed by atoms with van der Waals surface area (Å²) in [5.74, 6) is 0.166. The molecular weight excluding hydrogens is 296 g/mol. The first kappa shape index (κ1) is 19.6. The van der Waals surface area contributed by atoms with Crippen LogP contribution < -0.4 is 5.32 Å². The number of carboxylic acid groups (broad SMARTS) is 2. The lowest BCUT2D eigenvalue weighted by Gasteiger charge is -2.07. The maximum atomic E-state index is 10.1. The molecule has 0 radical (unpaired) electrons. The van der Waals surface area contributed by atoms with Crippen LogP contribution >= 0.6 is 0 Å². The van der Waals surface area contributed by atoms with Gasteiger partial charge in [-0.15, -0.1) is 0 Å². The van der Waals surface area contributed by atoms with Gasteiger partial charge in [-0.2, -0.15) is 0 Å². The highest BCUT2D eigenvalue weighted by atomic mass is 16.6. The molecule has 1 aliphatic rings. The topological polar surface area (TPSA) is 160 Å². The largest absolute Gasteiger partial charge is 0.506 e. The number of amides is 1. The quantitative estimate of drug-likeness (QED) is 0.451. The number of pyridine rings is 1. The Hall–Kier alpha value is -2.39. The van der Waals surface area contributed by atoms with Crippen molar-refractivity contribution in [2.24, 2.45) is 0 Å². The molecule has 0 aromatic carbocycles. The Labute approximate surface area is 126 Å². The second-order valence-electron chi connectivity index (χ2n) is 4.25. The fourth-order valence-corrected chi connectivity index (χ4v) is 1.56. The van der Waals surface area contributed by atoms with Crippen LogP contribution in [-0.4, -0.2) is 49.1 Å².